The maximum absolute atomic E-state index is 13.5. The van der Waals surface area contributed by atoms with E-state index in [2.05, 4.69) is 36.2 Å². The number of hydrogen-bond donors (Lipinski definition) is 2. The molecule has 3 N–H and O–H groups in total. The predicted octanol–water partition coefficient (Wildman–Crippen LogP) is 6.34. The molecule has 0 aliphatic carbocycles. The summed E-state index contributed by atoms with van der Waals surface area (Å²) in [5.74, 6) is -1.08. The van der Waals surface area contributed by atoms with Crippen molar-refractivity contribution >= 4 is 28.8 Å². The summed E-state index contributed by atoms with van der Waals surface area (Å²) in [5.41, 5.74) is 11.1. The van der Waals surface area contributed by atoms with Gasteiger partial charge in [-0.1, -0.05) is 61.9 Å². The number of benzene rings is 3. The average Bonchev–Trinajstić information content (AvgIpc) is 3.46. The van der Waals surface area contributed by atoms with Crippen LogP contribution in [0.2, 0.25) is 0 Å². The van der Waals surface area contributed by atoms with Crippen molar-refractivity contribution < 1.29 is 19.1 Å². The summed E-state index contributed by atoms with van der Waals surface area (Å²) in [7, 11) is 0. The van der Waals surface area contributed by atoms with Crippen molar-refractivity contribution in [2.24, 2.45) is 11.7 Å². The highest BCUT2D eigenvalue weighted by atomic mass is 32.1. The van der Waals surface area contributed by atoms with Crippen LogP contribution in [0, 0.1) is 11.7 Å². The molecule has 3 aromatic carbocycles. The maximum Gasteiger partial charge on any atom is 0.277 e. The molecule has 0 spiro atoms. The largest absolute Gasteiger partial charge is 0.388 e. The van der Waals surface area contributed by atoms with E-state index < -0.39 is 12.0 Å². The Labute approximate surface area is 243 Å². The molecule has 6 nitrogen and oxygen atoms in total. The Balaban J connectivity index is 1.30. The standard InChI is InChI=1S/C33H34FN3O3S/c1-2-3-21-4-9-24(10-5-21)30-28(18-19-29(38)23-11-13-25(34)14-12-23)33(40)37(30)27-16-7-22(8-17-27)6-15-26-20-41-32(36-26)31(35)39/h4-5,7-14,16-17,20,28-30,38H,2-3,6,15,18-19H2,1H3,(H2,35,39). The molecule has 1 aliphatic heterocycles. The fraction of sp³-hybridized carbons (Fsp3) is 0.303. The van der Waals surface area contributed by atoms with E-state index in [0.29, 0.717) is 29.8 Å². The van der Waals surface area contributed by atoms with E-state index in [-0.39, 0.29) is 23.7 Å². The zero-order valence-electron chi connectivity index (χ0n) is 23.0. The van der Waals surface area contributed by atoms with Gasteiger partial charge in [0.2, 0.25) is 5.91 Å². The Hall–Kier alpha value is -3.88. The second kappa shape index (κ2) is 12.7. The predicted molar refractivity (Wildman–Crippen MR) is 159 cm³/mol. The van der Waals surface area contributed by atoms with Gasteiger partial charge in [-0.3, -0.25) is 9.59 Å². The number of aliphatic hydroxyl groups excluding tert-OH is 1. The fourth-order valence-electron chi connectivity index (χ4n) is 5.49. The second-order valence-corrected chi connectivity index (χ2v) is 11.4. The summed E-state index contributed by atoms with van der Waals surface area (Å²) in [6.45, 7) is 2.15. The van der Waals surface area contributed by atoms with Gasteiger partial charge >= 0.3 is 0 Å². The first-order valence-corrected chi connectivity index (χ1v) is 14.9. The van der Waals surface area contributed by atoms with Crippen LogP contribution < -0.4 is 10.6 Å². The number of carbonyl (C=O) groups is 2. The Kier molecular flexibility index (Phi) is 8.90. The molecule has 2 heterocycles. The molecular weight excluding hydrogens is 537 g/mol. The molecule has 41 heavy (non-hydrogen) atoms. The molecule has 5 rings (SSSR count). The van der Waals surface area contributed by atoms with Crippen LogP contribution in [-0.2, 0) is 24.1 Å². The molecule has 3 atom stereocenters. The van der Waals surface area contributed by atoms with Gasteiger partial charge in [-0.15, -0.1) is 11.3 Å². The van der Waals surface area contributed by atoms with Crippen LogP contribution in [0.1, 0.15) is 76.1 Å². The number of anilines is 1. The molecule has 2 amide bonds. The number of aryl methyl sites for hydroxylation is 3. The van der Waals surface area contributed by atoms with Gasteiger partial charge in [-0.05, 0) is 78.6 Å². The van der Waals surface area contributed by atoms with Gasteiger partial charge in [0.05, 0.1) is 23.8 Å². The highest BCUT2D eigenvalue weighted by molar-refractivity contribution is 7.11. The fourth-order valence-corrected chi connectivity index (χ4v) is 6.19. The SMILES string of the molecule is CCCc1ccc(C2C(CCC(O)c3ccc(F)cc3)C(=O)N2c2ccc(CCc3csc(C(N)=O)n3)cc2)cc1. The highest BCUT2D eigenvalue weighted by Crippen LogP contribution is 2.46. The molecule has 1 aliphatic rings. The Bertz CT molecular complexity index is 1490. The number of primary amides is 1. The van der Waals surface area contributed by atoms with Gasteiger partial charge in [-0.25, -0.2) is 9.37 Å². The minimum absolute atomic E-state index is 0.0353. The molecule has 8 heteroatoms. The van der Waals surface area contributed by atoms with Crippen LogP contribution in [0.4, 0.5) is 10.1 Å². The Morgan fingerprint density at radius 1 is 1.00 bits per heavy atom. The number of hydrogen-bond acceptors (Lipinski definition) is 5. The first-order valence-electron chi connectivity index (χ1n) is 14.0. The van der Waals surface area contributed by atoms with Crippen LogP contribution in [-0.4, -0.2) is 21.9 Å². The van der Waals surface area contributed by atoms with E-state index in [9.17, 15) is 19.1 Å². The molecule has 3 unspecified atom stereocenters. The zero-order chi connectivity index (χ0) is 28.9. The molecule has 0 bridgehead atoms. The van der Waals surface area contributed by atoms with Crippen LogP contribution in [0.15, 0.2) is 78.2 Å². The summed E-state index contributed by atoms with van der Waals surface area (Å²) in [5, 5.41) is 12.9. The van der Waals surface area contributed by atoms with E-state index in [1.54, 1.807) is 12.1 Å². The molecule has 0 radical (unpaired) electrons. The summed E-state index contributed by atoms with van der Waals surface area (Å²) in [6, 6.07) is 22.2. The molecule has 0 saturated carbocycles. The topological polar surface area (TPSA) is 96.5 Å². The van der Waals surface area contributed by atoms with Crippen LogP contribution in [0.25, 0.3) is 0 Å². The molecule has 1 fully saturated rings. The van der Waals surface area contributed by atoms with Crippen molar-refractivity contribution in [3.63, 3.8) is 0 Å². The van der Waals surface area contributed by atoms with Crippen LogP contribution in [0.5, 0.6) is 0 Å². The van der Waals surface area contributed by atoms with Crippen molar-refractivity contribution in [3.8, 4) is 0 Å². The van der Waals surface area contributed by atoms with Crippen LogP contribution >= 0.6 is 11.3 Å². The van der Waals surface area contributed by atoms with Gasteiger partial charge in [-0.2, -0.15) is 0 Å². The summed E-state index contributed by atoms with van der Waals surface area (Å²) < 4.78 is 13.3. The van der Waals surface area contributed by atoms with Crippen molar-refractivity contribution in [3.05, 3.63) is 117 Å². The highest BCUT2D eigenvalue weighted by Gasteiger charge is 2.48. The first-order chi connectivity index (χ1) is 19.8. The lowest BCUT2D eigenvalue weighted by Gasteiger charge is -2.48. The second-order valence-electron chi connectivity index (χ2n) is 10.6. The minimum atomic E-state index is -0.763. The summed E-state index contributed by atoms with van der Waals surface area (Å²) in [6.07, 6.45) is 3.69. The summed E-state index contributed by atoms with van der Waals surface area (Å²) >= 11 is 1.26. The molecule has 1 saturated heterocycles. The monoisotopic (exact) mass is 571 g/mol. The third kappa shape index (κ3) is 6.55. The lowest BCUT2D eigenvalue weighted by atomic mass is 9.78. The third-order valence-corrected chi connectivity index (χ3v) is 8.63. The van der Waals surface area contributed by atoms with Crippen molar-refractivity contribution in [1.82, 2.24) is 4.98 Å². The van der Waals surface area contributed by atoms with E-state index in [4.69, 9.17) is 5.73 Å². The van der Waals surface area contributed by atoms with Crippen molar-refractivity contribution in [1.29, 1.82) is 0 Å². The number of halogens is 1. The van der Waals surface area contributed by atoms with Gasteiger partial charge in [0.25, 0.3) is 5.91 Å². The average molecular weight is 572 g/mol. The van der Waals surface area contributed by atoms with Gasteiger partial charge in [0.15, 0.2) is 5.01 Å². The smallest absolute Gasteiger partial charge is 0.277 e. The third-order valence-electron chi connectivity index (χ3n) is 7.73. The van der Waals surface area contributed by atoms with Gasteiger partial charge < -0.3 is 15.7 Å². The van der Waals surface area contributed by atoms with E-state index in [1.165, 1.54) is 29.0 Å². The quantitative estimate of drug-likeness (QED) is 0.194. The van der Waals surface area contributed by atoms with Crippen molar-refractivity contribution in [2.75, 3.05) is 4.90 Å². The Morgan fingerprint density at radius 3 is 2.29 bits per heavy atom. The number of aromatic nitrogens is 1. The maximum atomic E-state index is 13.5. The molecular formula is C33H34FN3O3S. The van der Waals surface area contributed by atoms with E-state index in [0.717, 1.165) is 41.8 Å². The number of aliphatic hydroxyl groups is 1. The van der Waals surface area contributed by atoms with Crippen LogP contribution in [0.3, 0.4) is 0 Å². The number of nitrogens with two attached hydrogens (primary N) is 1. The van der Waals surface area contributed by atoms with Gasteiger partial charge in [0.1, 0.15) is 5.82 Å². The van der Waals surface area contributed by atoms with E-state index in [1.807, 2.05) is 34.5 Å². The number of nitrogens with zero attached hydrogens (tertiary/aromatic N) is 2. The number of rotatable bonds is 12. The van der Waals surface area contributed by atoms with Crippen molar-refractivity contribution in [2.45, 2.75) is 57.6 Å². The lowest BCUT2D eigenvalue weighted by Crippen LogP contribution is -2.55. The Morgan fingerprint density at radius 2 is 1.66 bits per heavy atom. The zero-order valence-corrected chi connectivity index (χ0v) is 23.8. The minimum Gasteiger partial charge on any atom is -0.388 e. The normalized spacial score (nSPS) is 17.3. The van der Waals surface area contributed by atoms with E-state index >= 15 is 0 Å². The first kappa shape index (κ1) is 28.6. The number of carbonyl (C=O) groups excluding carboxylic acids is 2. The number of β-lactam (4-membered cyclic amide) rings is 1. The number of thiazole rings is 1. The van der Waals surface area contributed by atoms with Gasteiger partial charge in [0, 0.05) is 11.1 Å². The molecule has 4 aromatic rings. The number of amides is 2. The molecule has 1 aromatic heterocycles. The lowest BCUT2D eigenvalue weighted by molar-refractivity contribution is -0.131. The molecule has 212 valence electrons. The summed E-state index contributed by atoms with van der Waals surface area (Å²) in [4.78, 5) is 31.0.